The number of anilines is 4. The molecule has 174 valence electrons. The average Bonchev–Trinajstić information content (AvgIpc) is 2.74. The Balaban J connectivity index is 1.60. The summed E-state index contributed by atoms with van der Waals surface area (Å²) < 4.78 is 40.5. The van der Waals surface area contributed by atoms with E-state index in [-0.39, 0.29) is 36.1 Å². The first kappa shape index (κ1) is 23.7. The second-order valence-corrected chi connectivity index (χ2v) is 7.08. The smallest absolute Gasteiger partial charge is 0.406 e. The predicted octanol–water partition coefficient (Wildman–Crippen LogP) is 3.73. The van der Waals surface area contributed by atoms with Crippen LogP contribution in [-0.2, 0) is 4.79 Å². The van der Waals surface area contributed by atoms with Gasteiger partial charge >= 0.3 is 6.36 Å². The molecule has 0 spiro atoms. The number of benzene rings is 2. The van der Waals surface area contributed by atoms with Crippen molar-refractivity contribution in [3.05, 3.63) is 60.4 Å². The van der Waals surface area contributed by atoms with Crippen LogP contribution in [0.25, 0.3) is 0 Å². The van der Waals surface area contributed by atoms with E-state index in [0.717, 1.165) is 17.8 Å². The van der Waals surface area contributed by atoms with Gasteiger partial charge in [-0.3, -0.25) is 9.69 Å². The Morgan fingerprint density at radius 3 is 2.36 bits per heavy atom. The molecule has 0 fully saturated rings. The van der Waals surface area contributed by atoms with Gasteiger partial charge in [-0.05, 0) is 50.4 Å². The van der Waals surface area contributed by atoms with E-state index in [0.29, 0.717) is 11.5 Å². The lowest BCUT2D eigenvalue weighted by Gasteiger charge is -2.23. The maximum atomic E-state index is 12.4. The van der Waals surface area contributed by atoms with E-state index >= 15 is 0 Å². The van der Waals surface area contributed by atoms with Gasteiger partial charge in [-0.2, -0.15) is 15.0 Å². The van der Waals surface area contributed by atoms with Crippen molar-refractivity contribution in [2.75, 3.05) is 30.0 Å². The Morgan fingerprint density at radius 1 is 1.06 bits per heavy atom. The van der Waals surface area contributed by atoms with Crippen LogP contribution in [-0.4, -0.2) is 45.7 Å². The summed E-state index contributed by atoms with van der Waals surface area (Å²) in [6.45, 7) is 1.77. The molecule has 4 N–H and O–H groups in total. The highest BCUT2D eigenvalue weighted by molar-refractivity contribution is 5.92. The fraction of sp³-hybridized carbons (Fsp3) is 0.238. The van der Waals surface area contributed by atoms with Crippen LogP contribution >= 0.6 is 0 Å². The number of ether oxygens (including phenoxy) is 1. The van der Waals surface area contributed by atoms with Crippen LogP contribution in [0.15, 0.2) is 54.6 Å². The largest absolute Gasteiger partial charge is 0.573 e. The minimum Gasteiger partial charge on any atom is -0.406 e. The minimum absolute atomic E-state index is 0.0318. The molecule has 12 heteroatoms. The number of para-hydroxylation sites is 1. The molecule has 3 aromatic rings. The molecule has 3 rings (SSSR count). The molecule has 1 heterocycles. The van der Waals surface area contributed by atoms with Gasteiger partial charge in [0.2, 0.25) is 17.8 Å². The lowest BCUT2D eigenvalue weighted by molar-refractivity contribution is -0.274. The summed E-state index contributed by atoms with van der Waals surface area (Å²) in [5.74, 6) is -0.0826. The predicted molar refractivity (Wildman–Crippen MR) is 117 cm³/mol. The van der Waals surface area contributed by atoms with E-state index in [1.807, 2.05) is 30.3 Å². The number of likely N-dealkylation sites (N-methyl/N-ethyl adjacent to an activating group) is 1. The second-order valence-electron chi connectivity index (χ2n) is 7.08. The summed E-state index contributed by atoms with van der Waals surface area (Å²) >= 11 is 0. The van der Waals surface area contributed by atoms with Gasteiger partial charge in [0.25, 0.3) is 0 Å². The van der Waals surface area contributed by atoms with Crippen molar-refractivity contribution in [1.29, 1.82) is 0 Å². The molecule has 0 saturated carbocycles. The van der Waals surface area contributed by atoms with Crippen LogP contribution in [0.5, 0.6) is 5.75 Å². The van der Waals surface area contributed by atoms with Crippen molar-refractivity contribution in [2.45, 2.75) is 19.3 Å². The maximum absolute atomic E-state index is 12.4. The molecular weight excluding hydrogens is 439 g/mol. The zero-order valence-corrected chi connectivity index (χ0v) is 17.8. The van der Waals surface area contributed by atoms with E-state index in [9.17, 15) is 18.0 Å². The topological polar surface area (TPSA) is 118 Å². The number of nitrogens with zero attached hydrogens (tertiary/aromatic N) is 4. The number of amides is 1. The molecule has 0 aliphatic carbocycles. The van der Waals surface area contributed by atoms with Gasteiger partial charge in [0, 0.05) is 11.4 Å². The number of carbonyl (C=O) groups excluding carboxylic acids is 1. The number of halogens is 3. The average molecular weight is 461 g/mol. The van der Waals surface area contributed by atoms with Gasteiger partial charge in [-0.15, -0.1) is 13.2 Å². The van der Waals surface area contributed by atoms with E-state index < -0.39 is 6.36 Å². The van der Waals surface area contributed by atoms with Crippen molar-refractivity contribution in [3.8, 4) is 5.75 Å². The molecule has 0 bridgehead atoms. The third-order valence-corrected chi connectivity index (χ3v) is 4.50. The zero-order chi connectivity index (χ0) is 24.0. The first-order valence-electron chi connectivity index (χ1n) is 9.78. The Bertz CT molecular complexity index is 1080. The summed E-state index contributed by atoms with van der Waals surface area (Å²) in [7, 11) is 1.70. The first-order valence-corrected chi connectivity index (χ1v) is 9.78. The number of aromatic nitrogens is 3. The number of hydrogen-bond donors (Lipinski definition) is 3. The number of nitrogen functional groups attached to an aromatic ring is 1. The summed E-state index contributed by atoms with van der Waals surface area (Å²) in [5, 5.41) is 5.67. The van der Waals surface area contributed by atoms with Gasteiger partial charge in [0.1, 0.15) is 5.75 Å². The summed E-state index contributed by atoms with van der Waals surface area (Å²) in [6.07, 6.45) is -4.78. The minimum atomic E-state index is -4.78. The molecule has 1 unspecified atom stereocenters. The van der Waals surface area contributed by atoms with E-state index in [1.54, 1.807) is 18.9 Å². The van der Waals surface area contributed by atoms with E-state index in [1.165, 1.54) is 12.1 Å². The van der Waals surface area contributed by atoms with Crippen LogP contribution in [0.2, 0.25) is 0 Å². The van der Waals surface area contributed by atoms with Crippen LogP contribution in [0, 0.1) is 0 Å². The normalized spacial score (nSPS) is 12.3. The number of rotatable bonds is 8. The highest BCUT2D eigenvalue weighted by Crippen LogP contribution is 2.24. The number of alkyl halides is 3. The maximum Gasteiger partial charge on any atom is 0.573 e. The van der Waals surface area contributed by atoms with Crippen molar-refractivity contribution >= 4 is 29.2 Å². The summed E-state index contributed by atoms with van der Waals surface area (Å²) in [6, 6.07) is 13.8. The van der Waals surface area contributed by atoms with Crippen LogP contribution < -0.4 is 21.1 Å². The third-order valence-electron chi connectivity index (χ3n) is 4.50. The lowest BCUT2D eigenvalue weighted by atomic mass is 10.2. The summed E-state index contributed by atoms with van der Waals surface area (Å²) in [5.41, 5.74) is 6.93. The molecule has 33 heavy (non-hydrogen) atoms. The van der Waals surface area contributed by atoms with Crippen LogP contribution in [0.4, 0.5) is 36.4 Å². The molecule has 2 aromatic carbocycles. The monoisotopic (exact) mass is 461 g/mol. The summed E-state index contributed by atoms with van der Waals surface area (Å²) in [4.78, 5) is 26.7. The standard InChI is InChI=1S/C21H22F3N7O2/c1-13(18-28-19(25)30-20(29-18)27-14-6-4-3-5-7-14)31(2)12-17(32)26-15-8-10-16(11-9-15)33-21(22,23)24/h3-11,13H,12H2,1-2H3,(H,26,32)(H3,25,27,28,29,30). The second kappa shape index (κ2) is 10.1. The third kappa shape index (κ3) is 7.31. The van der Waals surface area contributed by atoms with Gasteiger partial charge in [-0.25, -0.2) is 0 Å². The molecule has 1 amide bonds. The Labute approximate surface area is 187 Å². The Morgan fingerprint density at radius 2 is 1.73 bits per heavy atom. The molecular formula is C21H22F3N7O2. The fourth-order valence-electron chi connectivity index (χ4n) is 2.80. The molecule has 1 atom stereocenters. The molecule has 9 nitrogen and oxygen atoms in total. The van der Waals surface area contributed by atoms with E-state index in [4.69, 9.17) is 5.73 Å². The first-order chi connectivity index (χ1) is 15.6. The molecule has 0 saturated heterocycles. The van der Waals surface area contributed by atoms with E-state index in [2.05, 4.69) is 30.3 Å². The SMILES string of the molecule is CC(c1nc(N)nc(Nc2ccccc2)n1)N(C)CC(=O)Nc1ccc(OC(F)(F)F)cc1. The van der Waals surface area contributed by atoms with Gasteiger partial charge < -0.3 is 21.1 Å². The van der Waals surface area contributed by atoms with Gasteiger partial charge in [-0.1, -0.05) is 18.2 Å². The Kier molecular flexibility index (Phi) is 7.28. The van der Waals surface area contributed by atoms with Crippen LogP contribution in [0.1, 0.15) is 18.8 Å². The lowest BCUT2D eigenvalue weighted by Crippen LogP contribution is -2.33. The number of hydrogen-bond acceptors (Lipinski definition) is 8. The Hall–Kier alpha value is -3.93. The van der Waals surface area contributed by atoms with Crippen molar-refractivity contribution in [3.63, 3.8) is 0 Å². The highest BCUT2D eigenvalue weighted by atomic mass is 19.4. The van der Waals surface area contributed by atoms with Crippen molar-refractivity contribution in [1.82, 2.24) is 19.9 Å². The zero-order valence-electron chi connectivity index (χ0n) is 17.8. The highest BCUT2D eigenvalue weighted by Gasteiger charge is 2.31. The van der Waals surface area contributed by atoms with Gasteiger partial charge in [0.05, 0.1) is 12.6 Å². The fourth-order valence-corrected chi connectivity index (χ4v) is 2.80. The van der Waals surface area contributed by atoms with Crippen molar-refractivity contribution < 1.29 is 22.7 Å². The van der Waals surface area contributed by atoms with Gasteiger partial charge in [0.15, 0.2) is 5.82 Å². The number of carbonyl (C=O) groups is 1. The van der Waals surface area contributed by atoms with Crippen molar-refractivity contribution in [2.24, 2.45) is 0 Å². The number of nitrogens with one attached hydrogen (secondary N) is 2. The number of nitrogens with two attached hydrogens (primary N) is 1. The quantitative estimate of drug-likeness (QED) is 0.465. The molecule has 0 aliphatic heterocycles. The molecule has 0 radical (unpaired) electrons. The molecule has 0 aliphatic rings. The van der Waals surface area contributed by atoms with Crippen LogP contribution in [0.3, 0.4) is 0 Å². The molecule has 1 aromatic heterocycles.